The van der Waals surface area contributed by atoms with Gasteiger partial charge in [0.25, 0.3) is 5.91 Å². The van der Waals surface area contributed by atoms with Gasteiger partial charge < -0.3 is 5.32 Å². The van der Waals surface area contributed by atoms with Crippen molar-refractivity contribution >= 4 is 11.7 Å². The summed E-state index contributed by atoms with van der Waals surface area (Å²) in [6, 6.07) is 6.20. The van der Waals surface area contributed by atoms with Crippen LogP contribution in [0.2, 0.25) is 0 Å². The molecule has 5 nitrogen and oxygen atoms in total. The zero-order chi connectivity index (χ0) is 20.2. The van der Waals surface area contributed by atoms with E-state index in [0.29, 0.717) is 11.3 Å². The van der Waals surface area contributed by atoms with Crippen molar-refractivity contribution in [3.05, 3.63) is 58.7 Å². The van der Waals surface area contributed by atoms with Crippen LogP contribution in [0.4, 0.5) is 13.2 Å². The maximum atomic E-state index is 12.7. The number of Topliss-reactive ketones (excluding diaryl/α,β-unsaturated/α-hetero) is 1. The van der Waals surface area contributed by atoms with Crippen molar-refractivity contribution in [2.75, 3.05) is 0 Å². The van der Waals surface area contributed by atoms with Crippen molar-refractivity contribution in [1.29, 1.82) is 0 Å². The minimum atomic E-state index is -4.44. The van der Waals surface area contributed by atoms with Gasteiger partial charge in [0, 0.05) is 18.2 Å². The molecule has 0 aliphatic carbocycles. The van der Waals surface area contributed by atoms with Gasteiger partial charge in [-0.25, -0.2) is 9.97 Å². The molecule has 1 heterocycles. The monoisotopic (exact) mass is 379 g/mol. The Labute approximate surface area is 155 Å². The molecule has 8 heteroatoms. The Morgan fingerprint density at radius 1 is 1.15 bits per heavy atom. The van der Waals surface area contributed by atoms with Crippen LogP contribution in [0.25, 0.3) is 0 Å². The molecule has 0 aliphatic rings. The van der Waals surface area contributed by atoms with Crippen LogP contribution in [0.5, 0.6) is 0 Å². The maximum absolute atomic E-state index is 12.7. The first-order valence-corrected chi connectivity index (χ1v) is 8.38. The van der Waals surface area contributed by atoms with E-state index in [-0.39, 0.29) is 36.2 Å². The number of hydrogen-bond acceptors (Lipinski definition) is 4. The number of ketones is 1. The average Bonchev–Trinajstić information content (AvgIpc) is 2.58. The quantitative estimate of drug-likeness (QED) is 0.834. The Hall–Kier alpha value is -2.77. The van der Waals surface area contributed by atoms with Gasteiger partial charge in [-0.2, -0.15) is 13.2 Å². The Morgan fingerprint density at radius 2 is 1.85 bits per heavy atom. The highest BCUT2D eigenvalue weighted by Gasteiger charge is 2.30. The molecule has 1 N–H and O–H groups in total. The summed E-state index contributed by atoms with van der Waals surface area (Å²) < 4.78 is 38.2. The van der Waals surface area contributed by atoms with Gasteiger partial charge >= 0.3 is 6.18 Å². The second-order valence-electron chi connectivity index (χ2n) is 6.49. The highest BCUT2D eigenvalue weighted by molar-refractivity contribution is 5.92. The Bertz CT molecular complexity index is 848. The van der Waals surface area contributed by atoms with E-state index >= 15 is 0 Å². The molecule has 0 saturated carbocycles. The highest BCUT2D eigenvalue weighted by atomic mass is 19.4. The van der Waals surface area contributed by atoms with Crippen LogP contribution in [-0.2, 0) is 23.9 Å². The van der Waals surface area contributed by atoms with Crippen LogP contribution in [0.15, 0.2) is 30.3 Å². The topological polar surface area (TPSA) is 72.0 Å². The molecule has 0 atom stereocenters. The van der Waals surface area contributed by atoms with E-state index in [4.69, 9.17) is 0 Å². The van der Waals surface area contributed by atoms with E-state index in [1.54, 1.807) is 20.8 Å². The predicted octanol–water partition coefficient (Wildman–Crippen LogP) is 3.50. The molecule has 1 amide bonds. The van der Waals surface area contributed by atoms with Crippen LogP contribution in [0.3, 0.4) is 0 Å². The van der Waals surface area contributed by atoms with Gasteiger partial charge in [0.2, 0.25) is 0 Å². The third-order valence-corrected chi connectivity index (χ3v) is 3.82. The second-order valence-corrected chi connectivity index (χ2v) is 6.49. The molecule has 0 unspecified atom stereocenters. The number of amides is 1. The van der Waals surface area contributed by atoms with Crippen LogP contribution in [0, 0.1) is 12.8 Å². The fourth-order valence-corrected chi connectivity index (χ4v) is 2.32. The first kappa shape index (κ1) is 20.5. The van der Waals surface area contributed by atoms with Crippen molar-refractivity contribution in [2.24, 2.45) is 5.92 Å². The molecule has 1 aromatic carbocycles. The third-order valence-electron chi connectivity index (χ3n) is 3.82. The summed E-state index contributed by atoms with van der Waals surface area (Å²) in [4.78, 5) is 32.4. The average molecular weight is 379 g/mol. The Balaban J connectivity index is 2.10. The fraction of sp³-hybridized carbons (Fsp3) is 0.368. The minimum absolute atomic E-state index is 0.0211. The smallest absolute Gasteiger partial charge is 0.347 e. The summed E-state index contributed by atoms with van der Waals surface area (Å²) in [7, 11) is 0. The number of alkyl halides is 3. The van der Waals surface area contributed by atoms with Crippen LogP contribution in [-0.4, -0.2) is 21.7 Å². The number of carbonyl (C=O) groups excluding carboxylic acids is 2. The highest BCUT2D eigenvalue weighted by Crippen LogP contribution is 2.29. The van der Waals surface area contributed by atoms with Crippen LogP contribution < -0.4 is 5.32 Å². The number of carbonyl (C=O) groups is 2. The summed E-state index contributed by atoms with van der Waals surface area (Å²) in [5.74, 6) is -0.516. The number of nitrogens with one attached hydrogen (secondary N) is 1. The molecule has 2 rings (SSSR count). The van der Waals surface area contributed by atoms with E-state index in [1.807, 2.05) is 0 Å². The lowest BCUT2D eigenvalue weighted by Crippen LogP contribution is -2.25. The summed E-state index contributed by atoms with van der Waals surface area (Å²) in [5, 5.41) is 2.54. The van der Waals surface area contributed by atoms with Crippen molar-refractivity contribution in [2.45, 2.75) is 39.9 Å². The molecule has 0 saturated heterocycles. The van der Waals surface area contributed by atoms with Gasteiger partial charge in [0.15, 0.2) is 0 Å². The van der Waals surface area contributed by atoms with Gasteiger partial charge in [0.05, 0.1) is 12.0 Å². The lowest BCUT2D eigenvalue weighted by Gasteiger charge is -2.10. The number of aromatic nitrogens is 2. The summed E-state index contributed by atoms with van der Waals surface area (Å²) in [6.07, 6.45) is -4.42. The van der Waals surface area contributed by atoms with Gasteiger partial charge in [-0.05, 0) is 30.7 Å². The Morgan fingerprint density at radius 3 is 2.48 bits per heavy atom. The summed E-state index contributed by atoms with van der Waals surface area (Å²) in [5.41, 5.74) is 0.141. The van der Waals surface area contributed by atoms with Crippen LogP contribution >= 0.6 is 0 Å². The summed E-state index contributed by atoms with van der Waals surface area (Å²) in [6.45, 7) is 5.13. The van der Waals surface area contributed by atoms with Crippen molar-refractivity contribution in [1.82, 2.24) is 15.3 Å². The molecule has 27 heavy (non-hydrogen) atoms. The van der Waals surface area contributed by atoms with Gasteiger partial charge in [-0.15, -0.1) is 0 Å². The number of rotatable bonds is 6. The number of hydrogen-bond donors (Lipinski definition) is 1. The number of nitrogens with zero attached hydrogens (tertiary/aromatic N) is 2. The molecule has 2 aromatic rings. The number of halogens is 3. The Kier molecular flexibility index (Phi) is 6.30. The fourth-order valence-electron chi connectivity index (χ4n) is 2.32. The molecular formula is C19H20F3N3O2. The largest absolute Gasteiger partial charge is 0.416 e. The second kappa shape index (κ2) is 8.28. The lowest BCUT2D eigenvalue weighted by molar-refractivity contribution is -0.137. The minimum Gasteiger partial charge on any atom is -0.347 e. The number of benzene rings is 1. The van der Waals surface area contributed by atoms with Crippen molar-refractivity contribution < 1.29 is 22.8 Å². The van der Waals surface area contributed by atoms with Gasteiger partial charge in [-0.3, -0.25) is 9.59 Å². The SMILES string of the molecule is Cc1cc(C(=O)NCc2cccc(C(F)(F)F)c2)nc(CC(=O)C(C)C)n1. The molecule has 0 radical (unpaired) electrons. The first-order chi connectivity index (χ1) is 12.6. The molecule has 0 fully saturated rings. The predicted molar refractivity (Wildman–Crippen MR) is 92.9 cm³/mol. The van der Waals surface area contributed by atoms with Crippen molar-refractivity contribution in [3.63, 3.8) is 0 Å². The molecule has 144 valence electrons. The zero-order valence-electron chi connectivity index (χ0n) is 15.2. The standard InChI is InChI=1S/C19H20F3N3O2/c1-11(2)16(26)9-17-24-12(3)7-15(25-17)18(27)23-10-13-5-4-6-14(8-13)19(20,21)22/h4-8,11H,9-10H2,1-3H3,(H,23,27). The van der Waals surface area contributed by atoms with E-state index in [9.17, 15) is 22.8 Å². The van der Waals surface area contributed by atoms with Gasteiger partial charge in [0.1, 0.15) is 17.3 Å². The van der Waals surface area contributed by atoms with Crippen LogP contribution in [0.1, 0.15) is 47.0 Å². The summed E-state index contributed by atoms with van der Waals surface area (Å²) >= 11 is 0. The van der Waals surface area contributed by atoms with Crippen molar-refractivity contribution in [3.8, 4) is 0 Å². The normalized spacial score (nSPS) is 11.5. The van der Waals surface area contributed by atoms with E-state index in [0.717, 1.165) is 12.1 Å². The zero-order valence-corrected chi connectivity index (χ0v) is 15.2. The third kappa shape index (κ3) is 5.87. The van der Waals surface area contributed by atoms with E-state index in [2.05, 4.69) is 15.3 Å². The number of aryl methyl sites for hydroxylation is 1. The lowest BCUT2D eigenvalue weighted by atomic mass is 10.1. The molecule has 0 spiro atoms. The van der Waals surface area contributed by atoms with E-state index < -0.39 is 17.6 Å². The van der Waals surface area contributed by atoms with E-state index in [1.165, 1.54) is 18.2 Å². The molecule has 1 aromatic heterocycles. The first-order valence-electron chi connectivity index (χ1n) is 8.38. The van der Waals surface area contributed by atoms with Gasteiger partial charge in [-0.1, -0.05) is 26.0 Å². The molecular weight excluding hydrogens is 359 g/mol. The molecule has 0 bridgehead atoms. The molecule has 0 aliphatic heterocycles. The maximum Gasteiger partial charge on any atom is 0.416 e.